The first-order valence-electron chi connectivity index (χ1n) is 3.28. The lowest BCUT2D eigenvalue weighted by Crippen LogP contribution is -2.01. The predicted octanol–water partition coefficient (Wildman–Crippen LogP) is 0.585. The van der Waals surface area contributed by atoms with E-state index in [1.165, 1.54) is 16.9 Å². The summed E-state index contributed by atoms with van der Waals surface area (Å²) >= 11 is 3.06. The van der Waals surface area contributed by atoms with Gasteiger partial charge in [-0.1, -0.05) is 0 Å². The third kappa shape index (κ3) is 1.37. The highest BCUT2D eigenvalue weighted by molar-refractivity contribution is 9.10. The molecule has 6 nitrogen and oxygen atoms in total. The summed E-state index contributed by atoms with van der Waals surface area (Å²) in [5, 5.41) is 12.5. The lowest BCUT2D eigenvalue weighted by molar-refractivity contribution is 0.0695. The molecule has 0 radical (unpaired) electrons. The van der Waals surface area contributed by atoms with Crippen LogP contribution in [0.15, 0.2) is 17.1 Å². The van der Waals surface area contributed by atoms with Crippen LogP contribution in [0, 0.1) is 0 Å². The van der Waals surface area contributed by atoms with Crippen LogP contribution in [0.2, 0.25) is 0 Å². The van der Waals surface area contributed by atoms with Crippen molar-refractivity contribution in [3.05, 3.63) is 22.7 Å². The summed E-state index contributed by atoms with van der Waals surface area (Å²) in [6.45, 7) is 0. The molecule has 0 unspecified atom stereocenters. The summed E-state index contributed by atoms with van der Waals surface area (Å²) < 4.78 is 1.68. The Hall–Kier alpha value is -1.50. The normalized spacial score (nSPS) is 10.5. The number of aromatic carboxylic acids is 1. The quantitative estimate of drug-likeness (QED) is 0.792. The van der Waals surface area contributed by atoms with Gasteiger partial charge in [0.05, 0.1) is 5.56 Å². The minimum absolute atomic E-state index is 0.0740. The maximum Gasteiger partial charge on any atom is 0.338 e. The third-order valence-electron chi connectivity index (χ3n) is 1.41. The topological polar surface area (TPSA) is 80.4 Å². The number of nitrogens with zero attached hydrogens (tertiary/aromatic N) is 4. The molecule has 13 heavy (non-hydrogen) atoms. The molecule has 66 valence electrons. The van der Waals surface area contributed by atoms with Crippen LogP contribution in [0.4, 0.5) is 0 Å². The van der Waals surface area contributed by atoms with E-state index in [2.05, 4.69) is 31.0 Å². The first-order chi connectivity index (χ1) is 6.16. The summed E-state index contributed by atoms with van der Waals surface area (Å²) in [6, 6.07) is 0. The number of fused-ring (bicyclic) bond motifs is 1. The molecular formula is C6H3BrN4O2. The molecule has 2 aromatic rings. The van der Waals surface area contributed by atoms with Gasteiger partial charge in [0.1, 0.15) is 0 Å². The molecule has 0 amide bonds. The SMILES string of the molecule is O=C(O)c1cnc2nc(Br)nn2c1. The van der Waals surface area contributed by atoms with Crippen molar-refractivity contribution < 1.29 is 9.90 Å². The Balaban J connectivity index is 2.67. The number of hydrogen-bond acceptors (Lipinski definition) is 4. The highest BCUT2D eigenvalue weighted by Crippen LogP contribution is 2.05. The Kier molecular flexibility index (Phi) is 1.73. The Labute approximate surface area is 80.4 Å². The van der Waals surface area contributed by atoms with Gasteiger partial charge in [0.15, 0.2) is 0 Å². The van der Waals surface area contributed by atoms with Crippen molar-refractivity contribution in [2.45, 2.75) is 0 Å². The molecule has 0 saturated heterocycles. The van der Waals surface area contributed by atoms with Crippen LogP contribution in [-0.4, -0.2) is 30.7 Å². The van der Waals surface area contributed by atoms with Crippen molar-refractivity contribution in [3.8, 4) is 0 Å². The number of halogens is 1. The Bertz CT molecular complexity index is 480. The number of carbonyl (C=O) groups is 1. The maximum atomic E-state index is 10.5. The molecule has 7 heteroatoms. The Morgan fingerprint density at radius 1 is 1.62 bits per heavy atom. The second kappa shape index (κ2) is 2.77. The van der Waals surface area contributed by atoms with Crippen molar-refractivity contribution in [1.82, 2.24) is 19.6 Å². The molecule has 0 aromatic carbocycles. The average molecular weight is 243 g/mol. The number of rotatable bonds is 1. The van der Waals surface area contributed by atoms with Crippen LogP contribution in [-0.2, 0) is 0 Å². The zero-order valence-electron chi connectivity index (χ0n) is 6.18. The molecule has 2 heterocycles. The monoisotopic (exact) mass is 242 g/mol. The van der Waals surface area contributed by atoms with E-state index in [4.69, 9.17) is 5.11 Å². The number of carboxylic acids is 1. The van der Waals surface area contributed by atoms with Gasteiger partial charge in [-0.05, 0) is 15.9 Å². The molecule has 2 aromatic heterocycles. The molecule has 0 bridgehead atoms. The van der Waals surface area contributed by atoms with Crippen molar-refractivity contribution in [2.24, 2.45) is 0 Å². The van der Waals surface area contributed by atoms with E-state index in [-0.39, 0.29) is 5.56 Å². The molecule has 0 aliphatic rings. The van der Waals surface area contributed by atoms with E-state index >= 15 is 0 Å². The van der Waals surface area contributed by atoms with Crippen LogP contribution >= 0.6 is 15.9 Å². The molecule has 0 saturated carbocycles. The van der Waals surface area contributed by atoms with Gasteiger partial charge >= 0.3 is 5.97 Å². The van der Waals surface area contributed by atoms with E-state index < -0.39 is 5.97 Å². The van der Waals surface area contributed by atoms with E-state index in [1.54, 1.807) is 0 Å². The van der Waals surface area contributed by atoms with Crippen LogP contribution in [0.3, 0.4) is 0 Å². The molecule has 1 N–H and O–H groups in total. The van der Waals surface area contributed by atoms with Gasteiger partial charge in [-0.15, -0.1) is 5.10 Å². The van der Waals surface area contributed by atoms with Crippen LogP contribution in [0.1, 0.15) is 10.4 Å². The second-order valence-electron chi connectivity index (χ2n) is 2.27. The summed E-state index contributed by atoms with van der Waals surface area (Å²) in [7, 11) is 0. The van der Waals surface area contributed by atoms with E-state index in [0.717, 1.165) is 0 Å². The van der Waals surface area contributed by atoms with Gasteiger partial charge in [0, 0.05) is 12.4 Å². The number of carboxylic acid groups (broad SMARTS) is 1. The van der Waals surface area contributed by atoms with E-state index in [0.29, 0.717) is 10.5 Å². The van der Waals surface area contributed by atoms with Gasteiger partial charge in [-0.2, -0.15) is 4.98 Å². The summed E-state index contributed by atoms with van der Waals surface area (Å²) in [6.07, 6.45) is 2.58. The van der Waals surface area contributed by atoms with Crippen LogP contribution < -0.4 is 0 Å². The third-order valence-corrected chi connectivity index (χ3v) is 1.75. The summed E-state index contributed by atoms with van der Waals surface area (Å²) in [5.74, 6) is -0.683. The highest BCUT2D eigenvalue weighted by Gasteiger charge is 2.06. The lowest BCUT2D eigenvalue weighted by Gasteiger charge is -1.92. The zero-order valence-corrected chi connectivity index (χ0v) is 7.76. The fourth-order valence-electron chi connectivity index (χ4n) is 0.867. The fourth-order valence-corrected chi connectivity index (χ4v) is 1.20. The highest BCUT2D eigenvalue weighted by atomic mass is 79.9. The van der Waals surface area contributed by atoms with Crippen molar-refractivity contribution in [2.75, 3.05) is 0 Å². The van der Waals surface area contributed by atoms with E-state index in [9.17, 15) is 4.79 Å². The van der Waals surface area contributed by atoms with Crippen LogP contribution in [0.25, 0.3) is 5.78 Å². The molecule has 0 aliphatic heterocycles. The molecule has 2 rings (SSSR count). The van der Waals surface area contributed by atoms with Crippen molar-refractivity contribution >= 4 is 27.7 Å². The smallest absolute Gasteiger partial charge is 0.338 e. The summed E-state index contributed by atoms with van der Waals surface area (Å²) in [4.78, 5) is 18.2. The van der Waals surface area contributed by atoms with Gasteiger partial charge < -0.3 is 5.11 Å². The molecule has 0 fully saturated rings. The average Bonchev–Trinajstić information content (AvgIpc) is 2.42. The fraction of sp³-hybridized carbons (Fsp3) is 0. The van der Waals surface area contributed by atoms with Gasteiger partial charge in [-0.3, -0.25) is 0 Å². The van der Waals surface area contributed by atoms with Gasteiger partial charge in [0.2, 0.25) is 4.73 Å². The standard InChI is InChI=1S/C6H3BrN4O2/c7-5-9-6-8-1-3(4(12)13)2-11(6)10-5/h1-2H,(H,12,13). The lowest BCUT2D eigenvalue weighted by atomic mass is 10.4. The zero-order chi connectivity index (χ0) is 9.42. The largest absolute Gasteiger partial charge is 0.478 e. The molecule has 0 atom stereocenters. The first kappa shape index (κ1) is 8.11. The van der Waals surface area contributed by atoms with Gasteiger partial charge in [0.25, 0.3) is 5.78 Å². The van der Waals surface area contributed by atoms with Crippen LogP contribution in [0.5, 0.6) is 0 Å². The minimum atomic E-state index is -1.04. The van der Waals surface area contributed by atoms with E-state index in [1.807, 2.05) is 0 Å². The predicted molar refractivity (Wildman–Crippen MR) is 45.4 cm³/mol. The Morgan fingerprint density at radius 3 is 3.08 bits per heavy atom. The first-order valence-corrected chi connectivity index (χ1v) is 4.07. The number of hydrogen-bond donors (Lipinski definition) is 1. The Morgan fingerprint density at radius 2 is 2.38 bits per heavy atom. The second-order valence-corrected chi connectivity index (χ2v) is 2.98. The molecule has 0 aliphatic carbocycles. The van der Waals surface area contributed by atoms with Gasteiger partial charge in [-0.25, -0.2) is 14.3 Å². The molecular weight excluding hydrogens is 240 g/mol. The van der Waals surface area contributed by atoms with Crippen molar-refractivity contribution in [3.63, 3.8) is 0 Å². The molecule has 0 spiro atoms. The van der Waals surface area contributed by atoms with Crippen molar-refractivity contribution in [1.29, 1.82) is 0 Å². The maximum absolute atomic E-state index is 10.5. The number of aromatic nitrogens is 4. The summed E-state index contributed by atoms with van der Waals surface area (Å²) in [5.41, 5.74) is 0.0740. The minimum Gasteiger partial charge on any atom is -0.478 e.